The van der Waals surface area contributed by atoms with Crippen LogP contribution in [-0.2, 0) is 12.8 Å². The summed E-state index contributed by atoms with van der Waals surface area (Å²) in [6, 6.07) is 12.3. The number of aromatic amines is 1. The Labute approximate surface area is 222 Å². The van der Waals surface area contributed by atoms with Crippen molar-refractivity contribution in [1.29, 1.82) is 0 Å². The number of rotatable bonds is 16. The third-order valence-electron chi connectivity index (χ3n) is 6.99. The summed E-state index contributed by atoms with van der Waals surface area (Å²) in [5.74, 6) is 0.939. The first kappa shape index (κ1) is 28.6. The summed E-state index contributed by atoms with van der Waals surface area (Å²) in [7, 11) is 1.72. The number of aromatic nitrogens is 3. The monoisotopic (exact) mass is 505 g/mol. The number of nitrogens with one attached hydrogen (secondary N) is 2. The molecule has 1 aromatic carbocycles. The number of hydrogen-bond donors (Lipinski definition) is 3. The average molecular weight is 506 g/mol. The van der Waals surface area contributed by atoms with Gasteiger partial charge in [0.05, 0.1) is 12.8 Å². The fraction of sp³-hybridized carbons (Fsp3) is 0.467. The van der Waals surface area contributed by atoms with Gasteiger partial charge in [0.2, 0.25) is 0 Å². The van der Waals surface area contributed by atoms with Crippen molar-refractivity contribution in [2.75, 3.05) is 26.7 Å². The number of aliphatic hydroxyl groups excluding tert-OH is 1. The predicted molar refractivity (Wildman–Crippen MR) is 151 cm³/mol. The van der Waals surface area contributed by atoms with Crippen molar-refractivity contribution in [3.63, 3.8) is 0 Å². The molecule has 0 amide bonds. The molecule has 0 bridgehead atoms. The van der Waals surface area contributed by atoms with Crippen molar-refractivity contribution in [3.05, 3.63) is 77.8 Å². The highest BCUT2D eigenvalue weighted by molar-refractivity contribution is 5.62. The Morgan fingerprint density at radius 1 is 1.16 bits per heavy atom. The molecule has 2 heterocycles. The number of likely N-dealkylation sites (N-methyl/N-ethyl adjacent to an activating group) is 1. The molecule has 7 heteroatoms. The van der Waals surface area contributed by atoms with Gasteiger partial charge in [-0.25, -0.2) is 0 Å². The van der Waals surface area contributed by atoms with E-state index in [1.807, 2.05) is 24.3 Å². The third kappa shape index (κ3) is 8.25. The molecule has 0 aliphatic carbocycles. The number of pyridine rings is 1. The molecule has 0 saturated heterocycles. The quantitative estimate of drug-likeness (QED) is 0.189. The van der Waals surface area contributed by atoms with E-state index in [4.69, 9.17) is 4.74 Å². The SMILES string of the molecule is C=C(CCc1[nH]nc(-c2ccncc2)c1C)C(O)NC(CCC)CN(CC)CCc1ccccc1OC. The lowest BCUT2D eigenvalue weighted by Crippen LogP contribution is -2.46. The van der Waals surface area contributed by atoms with Crippen LogP contribution in [0.25, 0.3) is 11.3 Å². The Morgan fingerprint density at radius 2 is 1.92 bits per heavy atom. The van der Waals surface area contributed by atoms with Gasteiger partial charge in [0.25, 0.3) is 0 Å². The molecule has 3 rings (SSSR count). The first-order valence-corrected chi connectivity index (χ1v) is 13.4. The second kappa shape index (κ2) is 14.7. The van der Waals surface area contributed by atoms with Crippen molar-refractivity contribution in [2.24, 2.45) is 0 Å². The maximum absolute atomic E-state index is 10.9. The van der Waals surface area contributed by atoms with Crippen molar-refractivity contribution in [2.45, 2.75) is 65.1 Å². The maximum atomic E-state index is 10.9. The summed E-state index contributed by atoms with van der Waals surface area (Å²) < 4.78 is 5.51. The number of nitrogens with zero attached hydrogens (tertiary/aromatic N) is 3. The largest absolute Gasteiger partial charge is 0.496 e. The molecule has 37 heavy (non-hydrogen) atoms. The average Bonchev–Trinajstić information content (AvgIpc) is 3.30. The van der Waals surface area contributed by atoms with Crippen molar-refractivity contribution >= 4 is 0 Å². The number of aliphatic hydroxyl groups is 1. The molecule has 0 radical (unpaired) electrons. The zero-order valence-electron chi connectivity index (χ0n) is 22.8. The number of H-pyrrole nitrogens is 1. The molecule has 3 aromatic rings. The molecule has 0 fully saturated rings. The van der Waals surface area contributed by atoms with Gasteiger partial charge < -0.3 is 14.7 Å². The number of para-hydroxylation sites is 1. The van der Waals surface area contributed by atoms with E-state index in [1.165, 1.54) is 5.56 Å². The first-order chi connectivity index (χ1) is 18.0. The van der Waals surface area contributed by atoms with Crippen LogP contribution in [0.3, 0.4) is 0 Å². The molecule has 2 unspecified atom stereocenters. The van der Waals surface area contributed by atoms with Gasteiger partial charge in [-0.2, -0.15) is 5.10 Å². The van der Waals surface area contributed by atoms with Crippen LogP contribution in [0.15, 0.2) is 60.9 Å². The van der Waals surface area contributed by atoms with Gasteiger partial charge in [-0.15, -0.1) is 0 Å². The van der Waals surface area contributed by atoms with Gasteiger partial charge in [0, 0.05) is 42.8 Å². The molecule has 2 aromatic heterocycles. The minimum absolute atomic E-state index is 0.182. The Balaban J connectivity index is 1.52. The Kier molecular flexibility index (Phi) is 11.3. The molecular weight excluding hydrogens is 462 g/mol. The normalized spacial score (nSPS) is 13.0. The summed E-state index contributed by atoms with van der Waals surface area (Å²) in [5, 5.41) is 22.0. The highest BCUT2D eigenvalue weighted by atomic mass is 16.5. The zero-order chi connectivity index (χ0) is 26.6. The van der Waals surface area contributed by atoms with Crippen LogP contribution in [0.1, 0.15) is 49.9 Å². The van der Waals surface area contributed by atoms with E-state index < -0.39 is 6.23 Å². The lowest BCUT2D eigenvalue weighted by molar-refractivity contribution is 0.133. The van der Waals surface area contributed by atoms with Crippen LogP contribution in [0.4, 0.5) is 0 Å². The van der Waals surface area contributed by atoms with Gasteiger partial charge >= 0.3 is 0 Å². The van der Waals surface area contributed by atoms with E-state index in [-0.39, 0.29) is 6.04 Å². The van der Waals surface area contributed by atoms with Crippen LogP contribution >= 0.6 is 0 Å². The van der Waals surface area contributed by atoms with E-state index in [0.717, 1.165) is 79.2 Å². The summed E-state index contributed by atoms with van der Waals surface area (Å²) in [5.41, 5.74) is 6.19. The Hall–Kier alpha value is -3.00. The fourth-order valence-corrected chi connectivity index (χ4v) is 4.69. The molecule has 0 spiro atoms. The molecular formula is C30H43N5O2. The summed E-state index contributed by atoms with van der Waals surface area (Å²) >= 11 is 0. The second-order valence-corrected chi connectivity index (χ2v) is 9.58. The molecule has 3 N–H and O–H groups in total. The number of methoxy groups -OCH3 is 1. The number of aryl methyl sites for hydroxylation is 1. The lowest BCUT2D eigenvalue weighted by Gasteiger charge is -2.29. The van der Waals surface area contributed by atoms with Crippen LogP contribution in [0.2, 0.25) is 0 Å². The molecule has 2 atom stereocenters. The standard InChI is InChI=1S/C30H43N5O2/c1-6-10-26(21-35(7-2)20-17-24-11-8-9-12-28(24)37-5)32-30(36)22(3)13-14-27-23(4)29(34-33-27)25-15-18-31-19-16-25/h8-9,11-12,15-16,18-19,26,30,32,36H,3,6-7,10,13-14,17,20-21H2,1-2,4-5H3,(H,33,34). The van der Waals surface area contributed by atoms with Crippen molar-refractivity contribution < 1.29 is 9.84 Å². The number of benzene rings is 1. The van der Waals surface area contributed by atoms with Gasteiger partial charge in [-0.05, 0) is 74.1 Å². The Morgan fingerprint density at radius 3 is 2.62 bits per heavy atom. The summed E-state index contributed by atoms with van der Waals surface area (Å²) in [6.07, 6.45) is 7.20. The fourth-order valence-electron chi connectivity index (χ4n) is 4.69. The van der Waals surface area contributed by atoms with Gasteiger partial charge in [-0.1, -0.05) is 45.0 Å². The molecule has 200 valence electrons. The number of hydrogen-bond acceptors (Lipinski definition) is 6. The third-order valence-corrected chi connectivity index (χ3v) is 6.99. The van der Waals surface area contributed by atoms with Crippen molar-refractivity contribution in [3.8, 4) is 17.0 Å². The molecule has 0 aliphatic heterocycles. The minimum atomic E-state index is -0.743. The van der Waals surface area contributed by atoms with Gasteiger partial charge in [0.1, 0.15) is 12.0 Å². The van der Waals surface area contributed by atoms with Crippen LogP contribution in [-0.4, -0.2) is 64.2 Å². The highest BCUT2D eigenvalue weighted by Gasteiger charge is 2.19. The van der Waals surface area contributed by atoms with E-state index in [1.54, 1.807) is 19.5 Å². The van der Waals surface area contributed by atoms with E-state index in [9.17, 15) is 5.11 Å². The summed E-state index contributed by atoms with van der Waals surface area (Å²) in [6.45, 7) is 13.4. The Bertz CT molecular complexity index is 1100. The second-order valence-electron chi connectivity index (χ2n) is 9.58. The van der Waals surface area contributed by atoms with E-state index in [2.05, 4.69) is 64.9 Å². The van der Waals surface area contributed by atoms with Gasteiger partial charge in [0.15, 0.2) is 0 Å². The van der Waals surface area contributed by atoms with Crippen molar-refractivity contribution in [1.82, 2.24) is 25.4 Å². The maximum Gasteiger partial charge on any atom is 0.127 e. The first-order valence-electron chi connectivity index (χ1n) is 13.4. The van der Waals surface area contributed by atoms with E-state index in [0.29, 0.717) is 6.42 Å². The molecule has 7 nitrogen and oxygen atoms in total. The van der Waals surface area contributed by atoms with E-state index >= 15 is 0 Å². The lowest BCUT2D eigenvalue weighted by atomic mass is 10.0. The van der Waals surface area contributed by atoms with Crippen LogP contribution in [0, 0.1) is 6.92 Å². The van der Waals surface area contributed by atoms with Crippen LogP contribution in [0.5, 0.6) is 5.75 Å². The summed E-state index contributed by atoms with van der Waals surface area (Å²) in [4.78, 5) is 6.52. The van der Waals surface area contributed by atoms with Crippen LogP contribution < -0.4 is 10.1 Å². The smallest absolute Gasteiger partial charge is 0.127 e. The highest BCUT2D eigenvalue weighted by Crippen LogP contribution is 2.24. The number of ether oxygens (including phenoxy) is 1. The minimum Gasteiger partial charge on any atom is -0.496 e. The topological polar surface area (TPSA) is 86.3 Å². The predicted octanol–water partition coefficient (Wildman–Crippen LogP) is 4.92. The van der Waals surface area contributed by atoms with Gasteiger partial charge in [-0.3, -0.25) is 15.4 Å². The zero-order valence-corrected chi connectivity index (χ0v) is 22.8. The molecule has 0 saturated carbocycles. The molecule has 0 aliphatic rings.